The number of nitrogens with one attached hydrogen (secondary N) is 1. The Morgan fingerprint density at radius 3 is 2.52 bits per heavy atom. The molecule has 0 spiro atoms. The van der Waals surface area contributed by atoms with Crippen LogP contribution in [0.25, 0.3) is 0 Å². The summed E-state index contributed by atoms with van der Waals surface area (Å²) in [7, 11) is 1.66. The molecular formula is C22H27N3O3S. The highest BCUT2D eigenvalue weighted by atomic mass is 32.1. The number of amides is 3. The number of hydrogen-bond acceptors (Lipinski definition) is 4. The average molecular weight is 414 g/mol. The van der Waals surface area contributed by atoms with Crippen LogP contribution in [0, 0.1) is 19.8 Å². The molecule has 154 valence electrons. The number of likely N-dealkylation sites (N-methyl/N-ethyl adjacent to an activating group) is 1. The quantitative estimate of drug-likeness (QED) is 0.818. The lowest BCUT2D eigenvalue weighted by Gasteiger charge is -2.33. The molecule has 6 nitrogen and oxygen atoms in total. The molecule has 0 aliphatic carbocycles. The molecule has 7 heteroatoms. The molecule has 1 N–H and O–H groups in total. The van der Waals surface area contributed by atoms with Crippen LogP contribution in [-0.2, 0) is 9.59 Å². The van der Waals surface area contributed by atoms with E-state index < -0.39 is 0 Å². The highest BCUT2D eigenvalue weighted by Crippen LogP contribution is 2.22. The Hall–Kier alpha value is -2.67. The molecule has 1 saturated heterocycles. The average Bonchev–Trinajstić information content (AvgIpc) is 3.25. The zero-order valence-electron chi connectivity index (χ0n) is 17.1. The largest absolute Gasteiger partial charge is 0.338 e. The first-order valence-electron chi connectivity index (χ1n) is 9.80. The summed E-state index contributed by atoms with van der Waals surface area (Å²) in [5.74, 6) is -0.364. The third-order valence-corrected chi connectivity index (χ3v) is 6.36. The van der Waals surface area contributed by atoms with Gasteiger partial charge in [-0.2, -0.15) is 0 Å². The Balaban J connectivity index is 1.49. The van der Waals surface area contributed by atoms with Gasteiger partial charge in [0, 0.05) is 31.7 Å². The van der Waals surface area contributed by atoms with Gasteiger partial charge < -0.3 is 15.1 Å². The minimum atomic E-state index is -0.208. The van der Waals surface area contributed by atoms with Crippen molar-refractivity contribution in [3.05, 3.63) is 51.7 Å². The smallest absolute Gasteiger partial charge is 0.263 e. The van der Waals surface area contributed by atoms with Gasteiger partial charge in [-0.3, -0.25) is 14.4 Å². The molecule has 1 aliphatic heterocycles. The maximum atomic E-state index is 12.8. The second-order valence-corrected chi connectivity index (χ2v) is 8.48. The van der Waals surface area contributed by atoms with Crippen LogP contribution in [0.2, 0.25) is 0 Å². The molecule has 0 unspecified atom stereocenters. The monoisotopic (exact) mass is 413 g/mol. The van der Waals surface area contributed by atoms with E-state index in [9.17, 15) is 14.4 Å². The van der Waals surface area contributed by atoms with Crippen LogP contribution in [0.15, 0.2) is 35.7 Å². The molecule has 2 aromatic rings. The Morgan fingerprint density at radius 2 is 1.86 bits per heavy atom. The van der Waals surface area contributed by atoms with Crippen LogP contribution in [0.5, 0.6) is 0 Å². The maximum Gasteiger partial charge on any atom is 0.263 e. The fourth-order valence-electron chi connectivity index (χ4n) is 3.57. The molecule has 29 heavy (non-hydrogen) atoms. The van der Waals surface area contributed by atoms with E-state index in [0.717, 1.165) is 21.7 Å². The molecule has 1 aliphatic rings. The van der Waals surface area contributed by atoms with Gasteiger partial charge in [-0.25, -0.2) is 0 Å². The molecule has 0 saturated carbocycles. The molecule has 3 rings (SSSR count). The molecule has 1 aromatic carbocycles. The van der Waals surface area contributed by atoms with Gasteiger partial charge in [0.2, 0.25) is 11.8 Å². The summed E-state index contributed by atoms with van der Waals surface area (Å²) < 4.78 is 0. The molecule has 2 heterocycles. The van der Waals surface area contributed by atoms with Gasteiger partial charge in [0.15, 0.2) is 0 Å². The number of likely N-dealkylation sites (tertiary alicyclic amines) is 1. The van der Waals surface area contributed by atoms with E-state index in [1.807, 2.05) is 54.5 Å². The van der Waals surface area contributed by atoms with Crippen molar-refractivity contribution in [2.75, 3.05) is 32.0 Å². The van der Waals surface area contributed by atoms with E-state index >= 15 is 0 Å². The minimum Gasteiger partial charge on any atom is -0.338 e. The Bertz CT molecular complexity index is 887. The van der Waals surface area contributed by atoms with Crippen LogP contribution < -0.4 is 5.32 Å². The zero-order chi connectivity index (χ0) is 21.0. The van der Waals surface area contributed by atoms with Gasteiger partial charge in [-0.1, -0.05) is 18.2 Å². The van der Waals surface area contributed by atoms with Crippen LogP contribution in [0.1, 0.15) is 33.6 Å². The summed E-state index contributed by atoms with van der Waals surface area (Å²) in [5, 5.41) is 4.78. The van der Waals surface area contributed by atoms with E-state index in [2.05, 4.69) is 5.32 Å². The molecule has 0 bridgehead atoms. The molecular weight excluding hydrogens is 386 g/mol. The Kier molecular flexibility index (Phi) is 6.69. The lowest BCUT2D eigenvalue weighted by molar-refractivity contribution is -0.138. The topological polar surface area (TPSA) is 69.7 Å². The standard InChI is InChI=1S/C22H27N3O3S/c1-15-6-4-7-18(16(15)2)23-20(26)14-24(3)21(27)17-9-11-25(12-10-17)22(28)19-8-5-13-29-19/h4-8,13,17H,9-12,14H2,1-3H3,(H,23,26). The maximum absolute atomic E-state index is 12.8. The summed E-state index contributed by atoms with van der Waals surface area (Å²) in [6.45, 7) is 5.10. The summed E-state index contributed by atoms with van der Waals surface area (Å²) in [5.41, 5.74) is 2.91. The number of piperidine rings is 1. The van der Waals surface area contributed by atoms with E-state index in [1.54, 1.807) is 7.05 Å². The fraction of sp³-hybridized carbons (Fsp3) is 0.409. The van der Waals surface area contributed by atoms with Gasteiger partial charge in [0.1, 0.15) is 0 Å². The summed E-state index contributed by atoms with van der Waals surface area (Å²) in [4.78, 5) is 41.6. The number of nitrogens with zero attached hydrogens (tertiary/aromatic N) is 2. The number of hydrogen-bond donors (Lipinski definition) is 1. The molecule has 3 amide bonds. The van der Waals surface area contributed by atoms with Crippen molar-refractivity contribution in [2.45, 2.75) is 26.7 Å². The van der Waals surface area contributed by atoms with Crippen LogP contribution in [-0.4, -0.2) is 54.2 Å². The van der Waals surface area contributed by atoms with E-state index in [1.165, 1.54) is 16.2 Å². The molecule has 1 aromatic heterocycles. The van der Waals surface area contributed by atoms with E-state index in [-0.39, 0.29) is 30.2 Å². The van der Waals surface area contributed by atoms with Crippen LogP contribution in [0.4, 0.5) is 5.69 Å². The third-order valence-electron chi connectivity index (χ3n) is 5.50. The summed E-state index contributed by atoms with van der Waals surface area (Å²) in [6.07, 6.45) is 1.25. The predicted octanol–water partition coefficient (Wildman–Crippen LogP) is 3.31. The van der Waals surface area contributed by atoms with Crippen molar-refractivity contribution in [1.82, 2.24) is 9.80 Å². The first kappa shape index (κ1) is 21.0. The third kappa shape index (κ3) is 5.03. The van der Waals surface area contributed by atoms with Crippen molar-refractivity contribution in [3.8, 4) is 0 Å². The molecule has 0 atom stereocenters. The number of aryl methyl sites for hydroxylation is 1. The van der Waals surface area contributed by atoms with Gasteiger partial charge in [-0.15, -0.1) is 11.3 Å². The Morgan fingerprint density at radius 1 is 1.14 bits per heavy atom. The number of rotatable bonds is 5. The predicted molar refractivity (Wildman–Crippen MR) is 115 cm³/mol. The van der Waals surface area contributed by atoms with Gasteiger partial charge >= 0.3 is 0 Å². The number of anilines is 1. The number of carbonyl (C=O) groups is 3. The van der Waals surface area contributed by atoms with Gasteiger partial charge in [0.25, 0.3) is 5.91 Å². The molecule has 1 fully saturated rings. The number of thiophene rings is 1. The minimum absolute atomic E-state index is 0.0144. The van der Waals surface area contributed by atoms with Crippen molar-refractivity contribution >= 4 is 34.7 Å². The highest BCUT2D eigenvalue weighted by Gasteiger charge is 2.30. The van der Waals surface area contributed by atoms with Crippen molar-refractivity contribution < 1.29 is 14.4 Å². The van der Waals surface area contributed by atoms with E-state index in [0.29, 0.717) is 25.9 Å². The second-order valence-electron chi connectivity index (χ2n) is 7.53. The first-order chi connectivity index (χ1) is 13.9. The summed E-state index contributed by atoms with van der Waals surface area (Å²) in [6, 6.07) is 9.45. The van der Waals surface area contributed by atoms with Gasteiger partial charge in [0.05, 0.1) is 11.4 Å². The van der Waals surface area contributed by atoms with Crippen molar-refractivity contribution in [3.63, 3.8) is 0 Å². The van der Waals surface area contributed by atoms with Crippen LogP contribution in [0.3, 0.4) is 0 Å². The second kappa shape index (κ2) is 9.22. The fourth-order valence-corrected chi connectivity index (χ4v) is 4.26. The lowest BCUT2D eigenvalue weighted by atomic mass is 9.95. The normalized spacial score (nSPS) is 14.5. The summed E-state index contributed by atoms with van der Waals surface area (Å²) >= 11 is 1.44. The lowest BCUT2D eigenvalue weighted by Crippen LogP contribution is -2.44. The first-order valence-corrected chi connectivity index (χ1v) is 10.7. The Labute approximate surface area is 175 Å². The SMILES string of the molecule is Cc1cccc(NC(=O)CN(C)C(=O)C2CCN(C(=O)c3cccs3)CC2)c1C. The van der Waals surface area contributed by atoms with Crippen molar-refractivity contribution in [2.24, 2.45) is 5.92 Å². The van der Waals surface area contributed by atoms with Crippen molar-refractivity contribution in [1.29, 1.82) is 0 Å². The van der Waals surface area contributed by atoms with Crippen LogP contribution >= 0.6 is 11.3 Å². The zero-order valence-corrected chi connectivity index (χ0v) is 17.9. The number of carbonyl (C=O) groups excluding carboxylic acids is 3. The highest BCUT2D eigenvalue weighted by molar-refractivity contribution is 7.12. The molecule has 0 radical (unpaired) electrons. The number of benzene rings is 1. The van der Waals surface area contributed by atoms with E-state index in [4.69, 9.17) is 0 Å². The van der Waals surface area contributed by atoms with Gasteiger partial charge in [-0.05, 0) is 55.3 Å².